The fraction of sp³-hybridized carbons (Fsp3) is 0.588. The summed E-state index contributed by atoms with van der Waals surface area (Å²) in [5, 5.41) is 0. The van der Waals surface area contributed by atoms with Gasteiger partial charge in [0.2, 0.25) is 15.9 Å². The lowest BCUT2D eigenvalue weighted by Crippen LogP contribution is -2.43. The molecule has 0 bridgehead atoms. The van der Waals surface area contributed by atoms with Crippen LogP contribution in [-0.2, 0) is 14.8 Å². The maximum atomic E-state index is 12.2. The fourth-order valence-corrected chi connectivity index (χ4v) is 4.67. The van der Waals surface area contributed by atoms with Crippen LogP contribution in [0.2, 0.25) is 0 Å². The molecule has 1 aromatic rings. The molecule has 0 heterocycles. The summed E-state index contributed by atoms with van der Waals surface area (Å²) in [7, 11) is 0.165. The Bertz CT molecular complexity index is 637. The summed E-state index contributed by atoms with van der Waals surface area (Å²) >= 11 is 0. The van der Waals surface area contributed by atoms with Crippen molar-refractivity contribution in [2.45, 2.75) is 44.1 Å². The van der Waals surface area contributed by atoms with Crippen molar-refractivity contribution in [2.24, 2.45) is 0 Å². The van der Waals surface area contributed by atoms with Crippen LogP contribution in [0.3, 0.4) is 0 Å². The first-order valence-corrected chi connectivity index (χ1v) is 9.69. The van der Waals surface area contributed by atoms with Gasteiger partial charge < -0.3 is 4.90 Å². The summed E-state index contributed by atoms with van der Waals surface area (Å²) in [6.45, 7) is 2.00. The third-order valence-corrected chi connectivity index (χ3v) is 6.16. The second-order valence-corrected chi connectivity index (χ2v) is 8.35. The molecule has 1 aliphatic rings. The summed E-state index contributed by atoms with van der Waals surface area (Å²) in [5.74, 6) is -0.397. The molecule has 1 atom stereocenters. The fourth-order valence-electron chi connectivity index (χ4n) is 2.92. The zero-order valence-electron chi connectivity index (χ0n) is 14.1. The van der Waals surface area contributed by atoms with E-state index in [4.69, 9.17) is 0 Å². The molecule has 128 valence electrons. The number of carbonyl (C=O) groups is 1. The Balaban J connectivity index is 1.96. The number of sulfonamides is 1. The summed E-state index contributed by atoms with van der Waals surface area (Å²) in [6, 6.07) is 9.74. The Labute approximate surface area is 139 Å². The first kappa shape index (κ1) is 17.9. The van der Waals surface area contributed by atoms with Crippen LogP contribution in [-0.4, -0.2) is 44.6 Å². The van der Waals surface area contributed by atoms with Gasteiger partial charge in [0.15, 0.2) is 0 Å². The molecule has 0 radical (unpaired) electrons. The van der Waals surface area contributed by atoms with Crippen LogP contribution < -0.4 is 4.72 Å². The quantitative estimate of drug-likeness (QED) is 0.788. The van der Waals surface area contributed by atoms with E-state index in [1.807, 2.05) is 56.3 Å². The number of amides is 1. The van der Waals surface area contributed by atoms with E-state index in [1.165, 1.54) is 0 Å². The summed E-state index contributed by atoms with van der Waals surface area (Å²) in [4.78, 5) is 14.1. The highest BCUT2D eigenvalue weighted by Crippen LogP contribution is 2.41. The van der Waals surface area contributed by atoms with Crippen molar-refractivity contribution in [1.29, 1.82) is 0 Å². The first-order chi connectivity index (χ1) is 10.8. The van der Waals surface area contributed by atoms with Gasteiger partial charge in [-0.15, -0.1) is 0 Å². The molecular weight excluding hydrogens is 312 g/mol. The van der Waals surface area contributed by atoms with E-state index < -0.39 is 15.9 Å². The topological polar surface area (TPSA) is 66.5 Å². The van der Waals surface area contributed by atoms with E-state index >= 15 is 0 Å². The van der Waals surface area contributed by atoms with Gasteiger partial charge in [0, 0.05) is 12.0 Å². The highest BCUT2D eigenvalue weighted by atomic mass is 32.2. The van der Waals surface area contributed by atoms with Crippen LogP contribution in [0.4, 0.5) is 0 Å². The second-order valence-electron chi connectivity index (χ2n) is 6.62. The normalized spacial score (nSPS) is 17.7. The standard InChI is InChI=1S/C17H26N2O3S/c1-4-14(15-8-6-5-7-9-15)12-16(20)18-23(21,22)13-17(10-11-17)19(2)3/h5-9,14H,4,10-13H2,1-3H3,(H,18,20). The Morgan fingerprint density at radius 2 is 1.87 bits per heavy atom. The van der Waals surface area contributed by atoms with Crippen molar-refractivity contribution in [3.8, 4) is 0 Å². The molecule has 1 unspecified atom stereocenters. The maximum Gasteiger partial charge on any atom is 0.236 e. The van der Waals surface area contributed by atoms with Crippen molar-refractivity contribution in [3.05, 3.63) is 35.9 Å². The van der Waals surface area contributed by atoms with Crippen molar-refractivity contribution in [2.75, 3.05) is 19.8 Å². The molecule has 1 aliphatic carbocycles. The number of nitrogens with zero attached hydrogens (tertiary/aromatic N) is 1. The van der Waals surface area contributed by atoms with E-state index in [0.717, 1.165) is 24.8 Å². The minimum atomic E-state index is -3.60. The van der Waals surface area contributed by atoms with Crippen LogP contribution >= 0.6 is 0 Å². The van der Waals surface area contributed by atoms with Gasteiger partial charge in [-0.2, -0.15) is 0 Å². The lowest BCUT2D eigenvalue weighted by atomic mass is 9.93. The van der Waals surface area contributed by atoms with E-state index in [0.29, 0.717) is 0 Å². The van der Waals surface area contributed by atoms with Crippen molar-refractivity contribution >= 4 is 15.9 Å². The van der Waals surface area contributed by atoms with Crippen LogP contribution in [0.25, 0.3) is 0 Å². The number of rotatable bonds is 8. The van der Waals surface area contributed by atoms with Gasteiger partial charge in [0.1, 0.15) is 0 Å². The van der Waals surface area contributed by atoms with Crippen LogP contribution in [0.1, 0.15) is 44.1 Å². The van der Waals surface area contributed by atoms with Crippen molar-refractivity contribution < 1.29 is 13.2 Å². The van der Waals surface area contributed by atoms with E-state index in [-0.39, 0.29) is 23.6 Å². The molecule has 1 amide bonds. The predicted octanol–water partition coefficient (Wildman–Crippen LogP) is 2.11. The lowest BCUT2D eigenvalue weighted by molar-refractivity contribution is -0.119. The van der Waals surface area contributed by atoms with Gasteiger partial charge in [-0.1, -0.05) is 37.3 Å². The average molecular weight is 338 g/mol. The van der Waals surface area contributed by atoms with Gasteiger partial charge in [-0.25, -0.2) is 8.42 Å². The molecule has 6 heteroatoms. The highest BCUT2D eigenvalue weighted by molar-refractivity contribution is 7.90. The zero-order valence-corrected chi connectivity index (χ0v) is 14.9. The van der Waals surface area contributed by atoms with E-state index in [1.54, 1.807) is 0 Å². The Hall–Kier alpha value is -1.40. The van der Waals surface area contributed by atoms with Gasteiger partial charge >= 0.3 is 0 Å². The Morgan fingerprint density at radius 1 is 1.26 bits per heavy atom. The van der Waals surface area contributed by atoms with Gasteiger partial charge in [0.25, 0.3) is 0 Å². The largest absolute Gasteiger partial charge is 0.303 e. The summed E-state index contributed by atoms with van der Waals surface area (Å²) in [5.41, 5.74) is 0.768. The third kappa shape index (κ3) is 4.78. The number of hydrogen-bond donors (Lipinski definition) is 1. The van der Waals surface area contributed by atoms with Crippen molar-refractivity contribution in [1.82, 2.24) is 9.62 Å². The van der Waals surface area contributed by atoms with Crippen LogP contribution in [0.5, 0.6) is 0 Å². The minimum Gasteiger partial charge on any atom is -0.303 e. The van der Waals surface area contributed by atoms with Gasteiger partial charge in [0.05, 0.1) is 5.75 Å². The molecule has 0 spiro atoms. The summed E-state index contributed by atoms with van der Waals surface area (Å²) in [6.07, 6.45) is 2.70. The van der Waals surface area contributed by atoms with Crippen molar-refractivity contribution in [3.63, 3.8) is 0 Å². The Kier molecular flexibility index (Phi) is 5.47. The third-order valence-electron chi connectivity index (χ3n) is 4.70. The smallest absolute Gasteiger partial charge is 0.236 e. The summed E-state index contributed by atoms with van der Waals surface area (Å²) < 4.78 is 26.7. The molecule has 5 nitrogen and oxygen atoms in total. The van der Waals surface area contributed by atoms with Crippen LogP contribution in [0.15, 0.2) is 30.3 Å². The molecule has 0 saturated heterocycles. The molecular formula is C17H26N2O3S. The average Bonchev–Trinajstić information content (AvgIpc) is 3.25. The Morgan fingerprint density at radius 3 is 2.35 bits per heavy atom. The minimum absolute atomic E-state index is 0.0130. The molecule has 23 heavy (non-hydrogen) atoms. The molecule has 1 fully saturated rings. The first-order valence-electron chi connectivity index (χ1n) is 8.04. The molecule has 0 aromatic heterocycles. The van der Waals surface area contributed by atoms with Gasteiger partial charge in [-0.3, -0.25) is 9.52 Å². The molecule has 0 aliphatic heterocycles. The zero-order chi connectivity index (χ0) is 17.1. The molecule has 1 aromatic carbocycles. The predicted molar refractivity (Wildman–Crippen MR) is 91.7 cm³/mol. The van der Waals surface area contributed by atoms with Crippen LogP contribution in [0, 0.1) is 0 Å². The molecule has 1 N–H and O–H groups in total. The maximum absolute atomic E-state index is 12.2. The number of benzene rings is 1. The highest BCUT2D eigenvalue weighted by Gasteiger charge is 2.48. The number of hydrogen-bond acceptors (Lipinski definition) is 4. The lowest BCUT2D eigenvalue weighted by Gasteiger charge is -2.23. The van der Waals surface area contributed by atoms with E-state index in [9.17, 15) is 13.2 Å². The second kappa shape index (κ2) is 7.01. The van der Waals surface area contributed by atoms with E-state index in [2.05, 4.69) is 4.72 Å². The molecule has 1 saturated carbocycles. The number of nitrogens with one attached hydrogen (secondary N) is 1. The monoisotopic (exact) mass is 338 g/mol. The molecule has 2 rings (SSSR count). The SMILES string of the molecule is CCC(CC(=O)NS(=O)(=O)CC1(N(C)C)CC1)c1ccccc1. The number of carbonyl (C=O) groups excluding carboxylic acids is 1. The van der Waals surface area contributed by atoms with Gasteiger partial charge in [-0.05, 0) is 44.8 Å².